The van der Waals surface area contributed by atoms with E-state index in [0.29, 0.717) is 10.0 Å². The van der Waals surface area contributed by atoms with E-state index >= 15 is 0 Å². The van der Waals surface area contributed by atoms with Gasteiger partial charge in [0.05, 0.1) is 0 Å². The molecular formula is C13H14BrClFNO. The number of amides is 1. The lowest BCUT2D eigenvalue weighted by Crippen LogP contribution is -2.35. The van der Waals surface area contributed by atoms with Crippen molar-refractivity contribution in [2.75, 3.05) is 0 Å². The summed E-state index contributed by atoms with van der Waals surface area (Å²) in [5.41, 5.74) is 0.591. The number of halogens is 3. The summed E-state index contributed by atoms with van der Waals surface area (Å²) >= 11 is 9.35. The lowest BCUT2D eigenvalue weighted by Gasteiger charge is -2.16. The predicted octanol–water partition coefficient (Wildman–Crippen LogP) is 3.93. The van der Waals surface area contributed by atoms with Crippen LogP contribution in [0.5, 0.6) is 0 Å². The molecule has 0 spiro atoms. The van der Waals surface area contributed by atoms with E-state index in [-0.39, 0.29) is 17.8 Å². The van der Waals surface area contributed by atoms with Gasteiger partial charge in [0.25, 0.3) is 0 Å². The van der Waals surface area contributed by atoms with Gasteiger partial charge in [0.2, 0.25) is 5.91 Å². The van der Waals surface area contributed by atoms with Crippen LogP contribution in [0.2, 0.25) is 0 Å². The second kappa shape index (κ2) is 6.02. The van der Waals surface area contributed by atoms with Crippen molar-refractivity contribution in [3.63, 3.8) is 0 Å². The molecule has 0 bridgehead atoms. The molecule has 18 heavy (non-hydrogen) atoms. The fourth-order valence-electron chi connectivity index (χ4n) is 2.19. The highest BCUT2D eigenvalue weighted by Gasteiger charge is 2.24. The van der Waals surface area contributed by atoms with Crippen molar-refractivity contribution < 1.29 is 9.18 Å². The highest BCUT2D eigenvalue weighted by Crippen LogP contribution is 2.29. The number of hydrogen-bond donors (Lipinski definition) is 1. The summed E-state index contributed by atoms with van der Waals surface area (Å²) in [4.78, 5) is 12.0. The maximum absolute atomic E-state index is 13.0. The van der Waals surface area contributed by atoms with Gasteiger partial charge in [-0.15, -0.1) is 11.6 Å². The highest BCUT2D eigenvalue weighted by atomic mass is 79.9. The first kappa shape index (κ1) is 13.8. The zero-order valence-corrected chi connectivity index (χ0v) is 12.1. The van der Waals surface area contributed by atoms with E-state index in [1.165, 1.54) is 18.2 Å². The smallest absolute Gasteiger partial charge is 0.242 e. The van der Waals surface area contributed by atoms with E-state index in [0.717, 1.165) is 25.7 Å². The van der Waals surface area contributed by atoms with Gasteiger partial charge in [-0.2, -0.15) is 0 Å². The molecule has 0 aromatic heterocycles. The lowest BCUT2D eigenvalue weighted by molar-refractivity contribution is -0.121. The number of benzene rings is 1. The van der Waals surface area contributed by atoms with Crippen molar-refractivity contribution in [2.24, 2.45) is 0 Å². The Hall–Kier alpha value is -0.610. The van der Waals surface area contributed by atoms with Crippen molar-refractivity contribution in [2.45, 2.75) is 37.1 Å². The molecule has 1 N–H and O–H groups in total. The molecule has 0 saturated heterocycles. The van der Waals surface area contributed by atoms with Crippen molar-refractivity contribution >= 4 is 33.4 Å². The minimum atomic E-state index is -0.791. The first-order chi connectivity index (χ1) is 8.58. The van der Waals surface area contributed by atoms with Gasteiger partial charge in [-0.1, -0.05) is 34.8 Å². The van der Waals surface area contributed by atoms with Crippen molar-refractivity contribution in [1.29, 1.82) is 0 Å². The molecule has 1 fully saturated rings. The summed E-state index contributed by atoms with van der Waals surface area (Å²) in [5, 5.41) is 2.14. The summed E-state index contributed by atoms with van der Waals surface area (Å²) in [5.74, 6) is -0.568. The first-order valence-corrected chi connectivity index (χ1v) is 7.20. The van der Waals surface area contributed by atoms with E-state index in [9.17, 15) is 9.18 Å². The third-order valence-corrected chi connectivity index (χ3v) is 4.29. The average Bonchev–Trinajstić information content (AvgIpc) is 2.81. The van der Waals surface area contributed by atoms with Crippen LogP contribution in [-0.4, -0.2) is 11.9 Å². The molecule has 1 aliphatic rings. The van der Waals surface area contributed by atoms with E-state index in [1.807, 2.05) is 0 Å². The van der Waals surface area contributed by atoms with Gasteiger partial charge in [-0.3, -0.25) is 4.79 Å². The van der Waals surface area contributed by atoms with E-state index < -0.39 is 5.38 Å². The molecular weight excluding hydrogens is 321 g/mol. The largest absolute Gasteiger partial charge is 0.352 e. The standard InChI is InChI=1S/C13H14BrClFNO/c14-11-7-8(16)5-6-10(11)12(15)13(18)17-9-3-1-2-4-9/h5-7,9,12H,1-4H2,(H,17,18). The Morgan fingerprint density at radius 3 is 2.72 bits per heavy atom. The van der Waals surface area contributed by atoms with Gasteiger partial charge in [-0.25, -0.2) is 4.39 Å². The number of carbonyl (C=O) groups excluding carboxylic acids is 1. The predicted molar refractivity (Wildman–Crippen MR) is 73.1 cm³/mol. The molecule has 0 heterocycles. The summed E-state index contributed by atoms with van der Waals surface area (Å²) in [6.07, 6.45) is 4.33. The lowest BCUT2D eigenvalue weighted by atomic mass is 10.1. The Kier molecular flexibility index (Phi) is 4.62. The minimum absolute atomic E-state index is 0.212. The fourth-order valence-corrected chi connectivity index (χ4v) is 3.16. The average molecular weight is 335 g/mol. The number of alkyl halides is 1. The highest BCUT2D eigenvalue weighted by molar-refractivity contribution is 9.10. The van der Waals surface area contributed by atoms with Crippen LogP contribution in [0.3, 0.4) is 0 Å². The van der Waals surface area contributed by atoms with Crippen LogP contribution in [0.1, 0.15) is 36.6 Å². The molecule has 5 heteroatoms. The van der Waals surface area contributed by atoms with Crippen molar-refractivity contribution in [1.82, 2.24) is 5.32 Å². The number of carbonyl (C=O) groups is 1. The van der Waals surface area contributed by atoms with Crippen molar-refractivity contribution in [3.8, 4) is 0 Å². The Morgan fingerprint density at radius 2 is 2.11 bits per heavy atom. The summed E-state index contributed by atoms with van der Waals surface area (Å²) in [6.45, 7) is 0. The quantitative estimate of drug-likeness (QED) is 0.834. The SMILES string of the molecule is O=C(NC1CCCC1)C(Cl)c1ccc(F)cc1Br. The molecule has 1 saturated carbocycles. The van der Waals surface area contributed by atoms with Gasteiger partial charge < -0.3 is 5.32 Å². The molecule has 2 nitrogen and oxygen atoms in total. The molecule has 2 rings (SSSR count). The Morgan fingerprint density at radius 1 is 1.44 bits per heavy atom. The number of rotatable bonds is 3. The summed E-state index contributed by atoms with van der Waals surface area (Å²) < 4.78 is 13.5. The van der Waals surface area contributed by atoms with E-state index in [4.69, 9.17) is 11.6 Å². The molecule has 1 aliphatic carbocycles. The van der Waals surface area contributed by atoms with E-state index in [1.54, 1.807) is 0 Å². The minimum Gasteiger partial charge on any atom is -0.352 e. The molecule has 0 aliphatic heterocycles. The zero-order valence-electron chi connectivity index (χ0n) is 9.76. The van der Waals surface area contributed by atoms with Gasteiger partial charge in [0.15, 0.2) is 0 Å². The first-order valence-electron chi connectivity index (χ1n) is 5.97. The van der Waals surface area contributed by atoms with Crippen molar-refractivity contribution in [3.05, 3.63) is 34.1 Å². The van der Waals surface area contributed by atoms with Crippen LogP contribution in [0.25, 0.3) is 0 Å². The van der Waals surface area contributed by atoms with Gasteiger partial charge >= 0.3 is 0 Å². The zero-order chi connectivity index (χ0) is 13.1. The third-order valence-electron chi connectivity index (χ3n) is 3.17. The van der Waals surface area contributed by atoms with Crippen LogP contribution in [-0.2, 0) is 4.79 Å². The number of nitrogens with one attached hydrogen (secondary N) is 1. The van der Waals surface area contributed by atoms with Crippen LogP contribution in [0.15, 0.2) is 22.7 Å². The molecule has 1 atom stereocenters. The molecule has 98 valence electrons. The Balaban J connectivity index is 2.05. The second-order valence-electron chi connectivity index (χ2n) is 4.52. The molecule has 1 unspecified atom stereocenters. The molecule has 1 aromatic rings. The van der Waals surface area contributed by atoms with Crippen LogP contribution in [0, 0.1) is 5.82 Å². The Bertz CT molecular complexity index is 449. The van der Waals surface area contributed by atoms with Gasteiger partial charge in [-0.05, 0) is 30.5 Å². The van der Waals surface area contributed by atoms with Crippen LogP contribution in [0.4, 0.5) is 4.39 Å². The normalized spacial score (nSPS) is 17.7. The summed E-state index contributed by atoms with van der Waals surface area (Å²) in [7, 11) is 0. The van der Waals surface area contributed by atoms with Gasteiger partial charge in [0, 0.05) is 10.5 Å². The van der Waals surface area contributed by atoms with E-state index in [2.05, 4.69) is 21.2 Å². The third kappa shape index (κ3) is 3.23. The monoisotopic (exact) mass is 333 g/mol. The van der Waals surface area contributed by atoms with Crippen LogP contribution >= 0.6 is 27.5 Å². The van der Waals surface area contributed by atoms with Crippen LogP contribution < -0.4 is 5.32 Å². The number of hydrogen-bond acceptors (Lipinski definition) is 1. The summed E-state index contributed by atoms with van der Waals surface area (Å²) in [6, 6.07) is 4.38. The molecule has 1 aromatic carbocycles. The topological polar surface area (TPSA) is 29.1 Å². The fraction of sp³-hybridized carbons (Fsp3) is 0.462. The van der Waals surface area contributed by atoms with Gasteiger partial charge in [0.1, 0.15) is 11.2 Å². The maximum atomic E-state index is 13.0. The second-order valence-corrected chi connectivity index (χ2v) is 5.81. The molecule has 0 radical (unpaired) electrons. The maximum Gasteiger partial charge on any atom is 0.242 e. The Labute approximate surface area is 119 Å². The molecule has 1 amide bonds.